The van der Waals surface area contributed by atoms with Crippen molar-refractivity contribution in [3.63, 3.8) is 0 Å². The van der Waals surface area contributed by atoms with Crippen LogP contribution >= 0.6 is 0 Å². The van der Waals surface area contributed by atoms with Crippen molar-refractivity contribution in [2.75, 3.05) is 0 Å². The molecule has 1 heterocycles. The molecule has 0 aliphatic carbocycles. The molecule has 0 amide bonds. The molecule has 1 atom stereocenters. The maximum atomic E-state index is 11.2. The van der Waals surface area contributed by atoms with Gasteiger partial charge in [-0.15, -0.1) is 0 Å². The van der Waals surface area contributed by atoms with Gasteiger partial charge in [0.15, 0.2) is 0 Å². The molecule has 0 saturated heterocycles. The van der Waals surface area contributed by atoms with Crippen molar-refractivity contribution >= 4 is 0 Å². The predicted molar refractivity (Wildman–Crippen MR) is 52.4 cm³/mol. The molecule has 0 aliphatic rings. The highest BCUT2D eigenvalue weighted by Gasteiger charge is 2.05. The maximum Gasteiger partial charge on any atom is 0.328 e. The summed E-state index contributed by atoms with van der Waals surface area (Å²) in [6, 6.07) is 0. The van der Waals surface area contributed by atoms with Gasteiger partial charge >= 0.3 is 5.69 Å². The number of nitrogens with zero attached hydrogens (tertiary/aromatic N) is 1. The number of rotatable bonds is 3. The van der Waals surface area contributed by atoms with E-state index in [9.17, 15) is 14.7 Å². The fourth-order valence-corrected chi connectivity index (χ4v) is 1.11. The standard InChI is InChI=1S/C9H14N2O3/c1-3-7(12)5-11-4-6(2)8(13)10-9(11)14/h4,7,12H,3,5H2,1-2H3,(H,10,13,14)/t7-/m1/s1. The highest BCUT2D eigenvalue weighted by Crippen LogP contribution is 1.93. The van der Waals surface area contributed by atoms with Gasteiger partial charge in [-0.05, 0) is 13.3 Å². The molecule has 1 aromatic heterocycles. The summed E-state index contributed by atoms with van der Waals surface area (Å²) >= 11 is 0. The lowest BCUT2D eigenvalue weighted by atomic mass is 10.3. The van der Waals surface area contributed by atoms with Crippen molar-refractivity contribution in [1.82, 2.24) is 9.55 Å². The van der Waals surface area contributed by atoms with E-state index in [0.717, 1.165) is 0 Å². The number of aryl methyl sites for hydroxylation is 1. The van der Waals surface area contributed by atoms with Crippen molar-refractivity contribution in [3.8, 4) is 0 Å². The molecule has 2 N–H and O–H groups in total. The molecule has 0 saturated carbocycles. The predicted octanol–water partition coefficient (Wildman–Crippen LogP) is -0.384. The maximum absolute atomic E-state index is 11.2. The Morgan fingerprint density at radius 3 is 2.79 bits per heavy atom. The van der Waals surface area contributed by atoms with Gasteiger partial charge in [0.05, 0.1) is 12.6 Å². The summed E-state index contributed by atoms with van der Waals surface area (Å²) in [6.45, 7) is 3.66. The summed E-state index contributed by atoms with van der Waals surface area (Å²) < 4.78 is 1.31. The van der Waals surface area contributed by atoms with Crippen molar-refractivity contribution < 1.29 is 5.11 Å². The molecule has 78 valence electrons. The number of hydrogen-bond donors (Lipinski definition) is 2. The van der Waals surface area contributed by atoms with E-state index in [4.69, 9.17) is 0 Å². The van der Waals surface area contributed by atoms with Crippen LogP contribution in [0.2, 0.25) is 0 Å². The summed E-state index contributed by atoms with van der Waals surface area (Å²) in [7, 11) is 0. The van der Waals surface area contributed by atoms with Crippen LogP contribution in [0.4, 0.5) is 0 Å². The number of aliphatic hydroxyl groups is 1. The first-order valence-corrected chi connectivity index (χ1v) is 4.53. The van der Waals surface area contributed by atoms with Gasteiger partial charge in [0.1, 0.15) is 0 Å². The Bertz CT molecular complexity index is 419. The van der Waals surface area contributed by atoms with Crippen molar-refractivity contribution in [1.29, 1.82) is 0 Å². The largest absolute Gasteiger partial charge is 0.391 e. The Hall–Kier alpha value is -1.36. The topological polar surface area (TPSA) is 75.1 Å². The van der Waals surface area contributed by atoms with Gasteiger partial charge in [-0.2, -0.15) is 0 Å². The van der Waals surface area contributed by atoms with Gasteiger partial charge in [-0.1, -0.05) is 6.92 Å². The lowest BCUT2D eigenvalue weighted by Crippen LogP contribution is -2.33. The molecule has 0 aliphatic heterocycles. The summed E-state index contributed by atoms with van der Waals surface area (Å²) in [5.74, 6) is 0. The van der Waals surface area contributed by atoms with Crippen molar-refractivity contribution in [2.45, 2.75) is 32.9 Å². The fraction of sp³-hybridized carbons (Fsp3) is 0.556. The number of hydrogen-bond acceptors (Lipinski definition) is 3. The zero-order valence-corrected chi connectivity index (χ0v) is 8.28. The monoisotopic (exact) mass is 198 g/mol. The normalized spacial score (nSPS) is 12.8. The zero-order valence-electron chi connectivity index (χ0n) is 8.28. The zero-order chi connectivity index (χ0) is 10.7. The highest BCUT2D eigenvalue weighted by molar-refractivity contribution is 5.00. The highest BCUT2D eigenvalue weighted by atomic mass is 16.3. The molecule has 0 fully saturated rings. The van der Waals surface area contributed by atoms with Crippen LogP contribution in [-0.4, -0.2) is 20.8 Å². The van der Waals surface area contributed by atoms with Crippen LogP contribution in [0.5, 0.6) is 0 Å². The SMILES string of the molecule is CC[C@@H](O)Cn1cc(C)c(=O)[nH]c1=O. The number of aromatic nitrogens is 2. The van der Waals surface area contributed by atoms with E-state index in [1.54, 1.807) is 6.92 Å². The smallest absolute Gasteiger partial charge is 0.328 e. The second kappa shape index (κ2) is 4.23. The number of nitrogens with one attached hydrogen (secondary N) is 1. The van der Waals surface area contributed by atoms with E-state index in [0.29, 0.717) is 12.0 Å². The first kappa shape index (κ1) is 10.7. The van der Waals surface area contributed by atoms with Gasteiger partial charge in [-0.3, -0.25) is 14.3 Å². The van der Waals surface area contributed by atoms with Gasteiger partial charge in [0.2, 0.25) is 0 Å². The molecule has 0 radical (unpaired) electrons. The van der Waals surface area contributed by atoms with E-state index in [1.807, 2.05) is 6.92 Å². The van der Waals surface area contributed by atoms with Gasteiger partial charge in [0.25, 0.3) is 5.56 Å². The minimum atomic E-state index is -0.557. The Morgan fingerprint density at radius 2 is 2.21 bits per heavy atom. The number of aromatic amines is 1. The molecule has 5 nitrogen and oxygen atoms in total. The summed E-state index contributed by atoms with van der Waals surface area (Å²) in [4.78, 5) is 24.4. The van der Waals surface area contributed by atoms with Crippen LogP contribution in [0.1, 0.15) is 18.9 Å². The average Bonchev–Trinajstić information content (AvgIpc) is 2.14. The number of aliphatic hydroxyl groups excluding tert-OH is 1. The molecular weight excluding hydrogens is 184 g/mol. The molecule has 0 aromatic carbocycles. The Kier molecular flexibility index (Phi) is 3.24. The Labute approximate surface area is 81.0 Å². The lowest BCUT2D eigenvalue weighted by Gasteiger charge is -2.09. The summed E-state index contributed by atoms with van der Waals surface area (Å²) in [5.41, 5.74) is -0.391. The second-order valence-electron chi connectivity index (χ2n) is 3.29. The Morgan fingerprint density at radius 1 is 1.57 bits per heavy atom. The molecule has 1 rings (SSSR count). The van der Waals surface area contributed by atoms with E-state index in [1.165, 1.54) is 10.8 Å². The first-order valence-electron chi connectivity index (χ1n) is 4.53. The number of H-pyrrole nitrogens is 1. The molecular formula is C9H14N2O3. The van der Waals surface area contributed by atoms with E-state index >= 15 is 0 Å². The lowest BCUT2D eigenvalue weighted by molar-refractivity contribution is 0.148. The minimum Gasteiger partial charge on any atom is -0.391 e. The summed E-state index contributed by atoms with van der Waals surface area (Å²) in [6.07, 6.45) is 1.47. The average molecular weight is 198 g/mol. The van der Waals surface area contributed by atoms with Crippen LogP contribution in [-0.2, 0) is 6.54 Å². The van der Waals surface area contributed by atoms with Gasteiger partial charge in [-0.25, -0.2) is 4.79 Å². The second-order valence-corrected chi connectivity index (χ2v) is 3.29. The van der Waals surface area contributed by atoms with Crippen molar-refractivity contribution in [3.05, 3.63) is 32.6 Å². The fourth-order valence-electron chi connectivity index (χ4n) is 1.11. The molecule has 0 bridgehead atoms. The van der Waals surface area contributed by atoms with Gasteiger partial charge < -0.3 is 5.11 Å². The molecule has 0 spiro atoms. The van der Waals surface area contributed by atoms with Crippen LogP contribution in [0.25, 0.3) is 0 Å². The summed E-state index contributed by atoms with van der Waals surface area (Å²) in [5, 5.41) is 9.34. The third-order valence-corrected chi connectivity index (χ3v) is 2.07. The minimum absolute atomic E-state index is 0.215. The van der Waals surface area contributed by atoms with Gasteiger partial charge in [0, 0.05) is 11.8 Å². The van der Waals surface area contributed by atoms with Crippen LogP contribution in [0.15, 0.2) is 15.8 Å². The van der Waals surface area contributed by atoms with E-state index in [2.05, 4.69) is 4.98 Å². The molecule has 14 heavy (non-hydrogen) atoms. The Balaban J connectivity index is 3.04. The molecule has 0 unspecified atom stereocenters. The quantitative estimate of drug-likeness (QED) is 0.695. The third kappa shape index (κ3) is 2.32. The molecule has 1 aromatic rings. The van der Waals surface area contributed by atoms with Crippen molar-refractivity contribution in [2.24, 2.45) is 0 Å². The van der Waals surface area contributed by atoms with Crippen LogP contribution < -0.4 is 11.2 Å². The van der Waals surface area contributed by atoms with E-state index in [-0.39, 0.29) is 12.1 Å². The first-order chi connectivity index (χ1) is 6.54. The van der Waals surface area contributed by atoms with Crippen LogP contribution in [0, 0.1) is 6.92 Å². The third-order valence-electron chi connectivity index (χ3n) is 2.07. The van der Waals surface area contributed by atoms with Crippen LogP contribution in [0.3, 0.4) is 0 Å². The van der Waals surface area contributed by atoms with E-state index < -0.39 is 11.8 Å². The molecule has 5 heteroatoms.